The smallest absolute Gasteiger partial charge is 0.342 e. The Labute approximate surface area is 161 Å². The van der Waals surface area contributed by atoms with Crippen LogP contribution in [-0.2, 0) is 24.2 Å². The maximum Gasteiger partial charge on any atom is 0.342 e. The van der Waals surface area contributed by atoms with E-state index in [1.165, 1.54) is 34.4 Å². The molecule has 0 unspecified atom stereocenters. The van der Waals surface area contributed by atoms with Gasteiger partial charge in [-0.1, -0.05) is 15.9 Å². The van der Waals surface area contributed by atoms with Crippen LogP contribution in [0.4, 0.5) is 0 Å². The first-order valence-corrected chi connectivity index (χ1v) is 9.83. The predicted molar refractivity (Wildman–Crippen MR) is 101 cm³/mol. The summed E-state index contributed by atoms with van der Waals surface area (Å²) >= 11 is 4.78. The largest absolute Gasteiger partial charge is 0.507 e. The van der Waals surface area contributed by atoms with Crippen LogP contribution in [-0.4, -0.2) is 20.5 Å². The minimum absolute atomic E-state index is 0.0590. The second kappa shape index (κ2) is 6.85. The van der Waals surface area contributed by atoms with E-state index < -0.39 is 5.97 Å². The van der Waals surface area contributed by atoms with E-state index in [-0.39, 0.29) is 23.5 Å². The average molecular weight is 435 g/mol. The summed E-state index contributed by atoms with van der Waals surface area (Å²) in [7, 11) is 0. The molecule has 0 spiro atoms. The van der Waals surface area contributed by atoms with Crippen molar-refractivity contribution in [3.05, 3.63) is 60.9 Å². The van der Waals surface area contributed by atoms with Crippen LogP contribution in [0.2, 0.25) is 0 Å². The van der Waals surface area contributed by atoms with E-state index in [1.807, 2.05) is 0 Å². The molecular formula is C18H15BrN2O4S. The monoisotopic (exact) mass is 434 g/mol. The van der Waals surface area contributed by atoms with Gasteiger partial charge in [0.25, 0.3) is 5.56 Å². The Morgan fingerprint density at radius 2 is 2.12 bits per heavy atom. The van der Waals surface area contributed by atoms with Crippen LogP contribution in [0.15, 0.2) is 33.5 Å². The van der Waals surface area contributed by atoms with Crippen LogP contribution in [0.3, 0.4) is 0 Å². The summed E-state index contributed by atoms with van der Waals surface area (Å²) in [6.45, 7) is -0.126. The van der Waals surface area contributed by atoms with Crippen LogP contribution in [0.25, 0.3) is 4.96 Å². The number of phenols is 1. The fraction of sp³-hybridized carbons (Fsp3) is 0.278. The normalized spacial score (nSPS) is 13.6. The van der Waals surface area contributed by atoms with Crippen molar-refractivity contribution in [2.24, 2.45) is 0 Å². The SMILES string of the molecule is O=C(OCc1cc(=O)n2c3c(sc2n1)CCCC3)c1cc(Br)ccc1O. The summed E-state index contributed by atoms with van der Waals surface area (Å²) in [5.74, 6) is -0.830. The van der Waals surface area contributed by atoms with Crippen LogP contribution >= 0.6 is 27.3 Å². The Morgan fingerprint density at radius 1 is 1.31 bits per heavy atom. The second-order valence-corrected chi connectivity index (χ2v) is 8.10. The molecule has 0 saturated heterocycles. The number of aromatic nitrogens is 2. The lowest BCUT2D eigenvalue weighted by molar-refractivity contribution is 0.0464. The lowest BCUT2D eigenvalue weighted by Gasteiger charge is -2.10. The number of thiazole rings is 1. The first-order chi connectivity index (χ1) is 12.5. The standard InChI is InChI=1S/C18H15BrN2O4S/c19-10-5-6-14(22)12(7-10)17(24)25-9-11-8-16(23)21-13-3-1-2-4-15(13)26-18(21)20-11/h5-8,22H,1-4,9H2. The quantitative estimate of drug-likeness (QED) is 0.638. The van der Waals surface area contributed by atoms with E-state index in [4.69, 9.17) is 4.74 Å². The number of benzene rings is 1. The second-order valence-electron chi connectivity index (χ2n) is 6.12. The number of aryl methyl sites for hydroxylation is 2. The molecule has 26 heavy (non-hydrogen) atoms. The van der Waals surface area contributed by atoms with Gasteiger partial charge in [-0.2, -0.15) is 0 Å². The number of esters is 1. The van der Waals surface area contributed by atoms with Gasteiger partial charge in [0.05, 0.1) is 5.69 Å². The van der Waals surface area contributed by atoms with Crippen molar-refractivity contribution in [1.29, 1.82) is 0 Å². The van der Waals surface area contributed by atoms with Gasteiger partial charge in [-0.05, 0) is 43.9 Å². The third-order valence-corrected chi connectivity index (χ3v) is 5.98. The summed E-state index contributed by atoms with van der Waals surface area (Å²) < 4.78 is 7.56. The first-order valence-electron chi connectivity index (χ1n) is 8.22. The molecule has 0 aliphatic heterocycles. The third-order valence-electron chi connectivity index (χ3n) is 4.34. The average Bonchev–Trinajstić information content (AvgIpc) is 3.00. The molecule has 4 rings (SSSR count). The molecule has 0 fully saturated rings. The zero-order chi connectivity index (χ0) is 18.3. The molecule has 1 N–H and O–H groups in total. The van der Waals surface area contributed by atoms with Crippen molar-refractivity contribution < 1.29 is 14.6 Å². The fourth-order valence-corrected chi connectivity index (χ4v) is 4.70. The molecule has 1 aliphatic carbocycles. The van der Waals surface area contributed by atoms with Crippen LogP contribution in [0, 0.1) is 0 Å². The highest BCUT2D eigenvalue weighted by Gasteiger charge is 2.19. The molecule has 6 nitrogen and oxygen atoms in total. The number of hydrogen-bond donors (Lipinski definition) is 1. The number of aromatic hydroxyl groups is 1. The topological polar surface area (TPSA) is 80.9 Å². The maximum absolute atomic E-state index is 12.5. The van der Waals surface area contributed by atoms with E-state index in [2.05, 4.69) is 20.9 Å². The van der Waals surface area contributed by atoms with E-state index in [0.717, 1.165) is 31.4 Å². The van der Waals surface area contributed by atoms with Crippen molar-refractivity contribution in [2.45, 2.75) is 32.3 Å². The van der Waals surface area contributed by atoms with Crippen molar-refractivity contribution in [1.82, 2.24) is 9.38 Å². The van der Waals surface area contributed by atoms with Gasteiger partial charge in [0.1, 0.15) is 17.9 Å². The lowest BCUT2D eigenvalue weighted by atomic mass is 10.0. The molecule has 8 heteroatoms. The number of phenolic OH excluding ortho intramolecular Hbond substituents is 1. The Balaban J connectivity index is 1.59. The van der Waals surface area contributed by atoms with Gasteiger partial charge >= 0.3 is 5.97 Å². The predicted octanol–water partition coefficient (Wildman–Crippen LogP) is 3.46. The highest BCUT2D eigenvalue weighted by Crippen LogP contribution is 2.28. The number of carbonyl (C=O) groups is 1. The van der Waals surface area contributed by atoms with E-state index in [0.29, 0.717) is 15.1 Å². The van der Waals surface area contributed by atoms with E-state index >= 15 is 0 Å². The molecule has 2 aromatic heterocycles. The highest BCUT2D eigenvalue weighted by atomic mass is 79.9. The Hall–Kier alpha value is -2.19. The summed E-state index contributed by atoms with van der Waals surface area (Å²) in [5, 5.41) is 9.79. The van der Waals surface area contributed by atoms with Gasteiger partial charge in [-0.25, -0.2) is 9.78 Å². The molecule has 2 heterocycles. The number of halogens is 1. The molecule has 0 radical (unpaired) electrons. The van der Waals surface area contributed by atoms with E-state index in [1.54, 1.807) is 10.5 Å². The zero-order valence-electron chi connectivity index (χ0n) is 13.7. The van der Waals surface area contributed by atoms with Gasteiger partial charge in [-0.3, -0.25) is 9.20 Å². The first kappa shape index (κ1) is 17.2. The lowest BCUT2D eigenvalue weighted by Crippen LogP contribution is -2.18. The van der Waals surface area contributed by atoms with Gasteiger partial charge in [-0.15, -0.1) is 11.3 Å². The molecule has 1 aromatic carbocycles. The molecule has 3 aromatic rings. The Bertz CT molecular complexity index is 1070. The van der Waals surface area contributed by atoms with E-state index in [9.17, 15) is 14.7 Å². The van der Waals surface area contributed by atoms with Crippen LogP contribution in [0.5, 0.6) is 5.75 Å². The van der Waals surface area contributed by atoms with Crippen LogP contribution in [0.1, 0.15) is 39.5 Å². The Kier molecular flexibility index (Phi) is 4.54. The van der Waals surface area contributed by atoms with Crippen molar-refractivity contribution in [3.8, 4) is 5.75 Å². The zero-order valence-corrected chi connectivity index (χ0v) is 16.1. The van der Waals surface area contributed by atoms with Crippen molar-refractivity contribution in [2.75, 3.05) is 0 Å². The number of ether oxygens (including phenoxy) is 1. The number of carbonyl (C=O) groups excluding carboxylic acids is 1. The summed E-state index contributed by atoms with van der Waals surface area (Å²) in [6.07, 6.45) is 4.10. The molecule has 1 aliphatic rings. The van der Waals surface area contributed by atoms with Crippen molar-refractivity contribution in [3.63, 3.8) is 0 Å². The summed E-state index contributed by atoms with van der Waals surface area (Å²) in [5.41, 5.74) is 1.38. The highest BCUT2D eigenvalue weighted by molar-refractivity contribution is 9.10. The van der Waals surface area contributed by atoms with Crippen molar-refractivity contribution >= 4 is 38.2 Å². The summed E-state index contributed by atoms with van der Waals surface area (Å²) in [6, 6.07) is 5.92. The molecule has 0 saturated carbocycles. The third kappa shape index (κ3) is 3.14. The Morgan fingerprint density at radius 3 is 2.96 bits per heavy atom. The van der Waals surface area contributed by atoms with Gasteiger partial charge in [0.15, 0.2) is 4.96 Å². The van der Waals surface area contributed by atoms with Gasteiger partial charge < -0.3 is 9.84 Å². The van der Waals surface area contributed by atoms with Gasteiger partial charge in [0.2, 0.25) is 0 Å². The fourth-order valence-electron chi connectivity index (χ4n) is 3.10. The minimum atomic E-state index is -0.670. The van der Waals surface area contributed by atoms with Gasteiger partial charge in [0, 0.05) is 21.1 Å². The number of rotatable bonds is 3. The molecule has 0 atom stereocenters. The number of nitrogens with zero attached hydrogens (tertiary/aromatic N) is 2. The van der Waals surface area contributed by atoms with Crippen LogP contribution < -0.4 is 5.56 Å². The minimum Gasteiger partial charge on any atom is -0.507 e. The molecule has 0 bridgehead atoms. The molecule has 0 amide bonds. The summed E-state index contributed by atoms with van der Waals surface area (Å²) in [4.78, 5) is 31.0. The maximum atomic E-state index is 12.5. The number of hydrogen-bond acceptors (Lipinski definition) is 6. The molecule has 134 valence electrons. The number of fused-ring (bicyclic) bond motifs is 3. The molecular weight excluding hydrogens is 420 g/mol.